The van der Waals surface area contributed by atoms with Gasteiger partial charge in [0.2, 0.25) is 5.91 Å². The Morgan fingerprint density at radius 2 is 2.14 bits per heavy atom. The van der Waals surface area contributed by atoms with Gasteiger partial charge in [0.25, 0.3) is 0 Å². The maximum Gasteiger partial charge on any atom is 0.236 e. The molecule has 4 heteroatoms. The van der Waals surface area contributed by atoms with Crippen molar-refractivity contribution in [3.63, 3.8) is 0 Å². The van der Waals surface area contributed by atoms with E-state index in [1.165, 1.54) is 18.4 Å². The van der Waals surface area contributed by atoms with Gasteiger partial charge in [0.05, 0.1) is 6.54 Å². The first kappa shape index (κ1) is 14.5. The fourth-order valence-electron chi connectivity index (χ4n) is 3.52. The molecule has 0 unspecified atom stereocenters. The number of nitrogens with one attached hydrogen (secondary N) is 1. The van der Waals surface area contributed by atoms with Crippen molar-refractivity contribution in [2.45, 2.75) is 25.4 Å². The number of likely N-dealkylation sites (tertiary alicyclic amines) is 1. The molecule has 0 aromatic heterocycles. The van der Waals surface area contributed by atoms with E-state index in [1.807, 2.05) is 30.1 Å². The highest BCUT2D eigenvalue weighted by Crippen LogP contribution is 2.24. The van der Waals surface area contributed by atoms with Crippen LogP contribution in [0.3, 0.4) is 0 Å². The fourth-order valence-corrected chi connectivity index (χ4v) is 3.52. The molecule has 4 nitrogen and oxygen atoms in total. The number of likely N-dealkylation sites (N-methyl/N-ethyl adjacent to an activating group) is 1. The van der Waals surface area contributed by atoms with Gasteiger partial charge in [-0.05, 0) is 30.9 Å². The lowest BCUT2D eigenvalue weighted by Gasteiger charge is -2.24. The predicted molar refractivity (Wildman–Crippen MR) is 83.9 cm³/mol. The lowest BCUT2D eigenvalue weighted by atomic mass is 9.94. The number of rotatable bonds is 4. The van der Waals surface area contributed by atoms with Crippen molar-refractivity contribution < 1.29 is 4.79 Å². The Morgan fingerprint density at radius 3 is 2.90 bits per heavy atom. The maximum absolute atomic E-state index is 12.4. The molecule has 114 valence electrons. The molecule has 0 spiro atoms. The van der Waals surface area contributed by atoms with E-state index in [2.05, 4.69) is 22.3 Å². The number of piperidine rings is 1. The minimum atomic E-state index is 0.220. The van der Waals surface area contributed by atoms with Crippen LogP contribution in [0.2, 0.25) is 0 Å². The van der Waals surface area contributed by atoms with E-state index >= 15 is 0 Å². The number of hydrogen-bond acceptors (Lipinski definition) is 3. The summed E-state index contributed by atoms with van der Waals surface area (Å²) in [7, 11) is 1.90. The third-order valence-corrected chi connectivity index (χ3v) is 4.72. The monoisotopic (exact) mass is 287 g/mol. The Morgan fingerprint density at radius 1 is 1.33 bits per heavy atom. The lowest BCUT2D eigenvalue weighted by molar-refractivity contribution is -0.131. The molecule has 2 aliphatic rings. The highest BCUT2D eigenvalue weighted by Gasteiger charge is 2.34. The molecule has 1 N–H and O–H groups in total. The first-order chi connectivity index (χ1) is 10.2. The van der Waals surface area contributed by atoms with Crippen LogP contribution in [-0.2, 0) is 11.3 Å². The van der Waals surface area contributed by atoms with E-state index in [-0.39, 0.29) is 5.91 Å². The second kappa shape index (κ2) is 6.58. The SMILES string of the molecule is CN(Cc1ccccc1)C(=O)CN1C[C@@H]2CCCN[C@@H]2C1. The van der Waals surface area contributed by atoms with Crippen LogP contribution in [0, 0.1) is 5.92 Å². The van der Waals surface area contributed by atoms with Gasteiger partial charge >= 0.3 is 0 Å². The molecule has 1 aromatic carbocycles. The summed E-state index contributed by atoms with van der Waals surface area (Å²) in [6, 6.07) is 10.8. The quantitative estimate of drug-likeness (QED) is 0.907. The van der Waals surface area contributed by atoms with E-state index in [1.54, 1.807) is 0 Å². The van der Waals surface area contributed by atoms with Gasteiger partial charge < -0.3 is 10.2 Å². The van der Waals surface area contributed by atoms with Crippen molar-refractivity contribution in [3.8, 4) is 0 Å². The van der Waals surface area contributed by atoms with Gasteiger partial charge in [-0.2, -0.15) is 0 Å². The Bertz CT molecular complexity index is 462. The van der Waals surface area contributed by atoms with Crippen molar-refractivity contribution in [3.05, 3.63) is 35.9 Å². The van der Waals surface area contributed by atoms with Gasteiger partial charge in [-0.1, -0.05) is 30.3 Å². The van der Waals surface area contributed by atoms with Crippen molar-refractivity contribution in [1.82, 2.24) is 15.1 Å². The average Bonchev–Trinajstić information content (AvgIpc) is 2.90. The van der Waals surface area contributed by atoms with E-state index < -0.39 is 0 Å². The minimum Gasteiger partial charge on any atom is -0.340 e. The molecule has 2 fully saturated rings. The molecule has 0 aliphatic carbocycles. The Hall–Kier alpha value is -1.39. The van der Waals surface area contributed by atoms with Crippen LogP contribution in [0.1, 0.15) is 18.4 Å². The Balaban J connectivity index is 1.49. The van der Waals surface area contributed by atoms with Crippen molar-refractivity contribution in [2.75, 3.05) is 33.2 Å². The summed E-state index contributed by atoms with van der Waals surface area (Å²) in [6.07, 6.45) is 2.58. The van der Waals surface area contributed by atoms with Crippen molar-refractivity contribution in [1.29, 1.82) is 0 Å². The molecule has 21 heavy (non-hydrogen) atoms. The summed E-state index contributed by atoms with van der Waals surface area (Å²) in [5, 5.41) is 3.59. The molecule has 0 radical (unpaired) electrons. The molecule has 2 atom stereocenters. The van der Waals surface area contributed by atoms with Crippen LogP contribution in [0.25, 0.3) is 0 Å². The molecular weight excluding hydrogens is 262 g/mol. The van der Waals surface area contributed by atoms with Gasteiger partial charge in [0, 0.05) is 32.7 Å². The zero-order valence-electron chi connectivity index (χ0n) is 12.8. The van der Waals surface area contributed by atoms with Crippen LogP contribution in [0.5, 0.6) is 0 Å². The molecule has 2 heterocycles. The number of carbonyl (C=O) groups excluding carboxylic acids is 1. The number of benzene rings is 1. The van der Waals surface area contributed by atoms with Crippen molar-refractivity contribution in [2.24, 2.45) is 5.92 Å². The second-order valence-corrected chi connectivity index (χ2v) is 6.39. The Labute approximate surface area is 127 Å². The first-order valence-electron chi connectivity index (χ1n) is 7.96. The molecule has 0 saturated carbocycles. The van der Waals surface area contributed by atoms with Gasteiger partial charge in [-0.25, -0.2) is 0 Å². The van der Waals surface area contributed by atoms with E-state index in [0.717, 1.165) is 25.6 Å². The van der Waals surface area contributed by atoms with Gasteiger partial charge in [-0.15, -0.1) is 0 Å². The number of carbonyl (C=O) groups is 1. The van der Waals surface area contributed by atoms with E-state index in [0.29, 0.717) is 19.1 Å². The number of amides is 1. The third-order valence-electron chi connectivity index (χ3n) is 4.72. The highest BCUT2D eigenvalue weighted by molar-refractivity contribution is 5.78. The first-order valence-corrected chi connectivity index (χ1v) is 7.96. The normalized spacial score (nSPS) is 25.6. The zero-order valence-corrected chi connectivity index (χ0v) is 12.8. The highest BCUT2D eigenvalue weighted by atomic mass is 16.2. The summed E-state index contributed by atoms with van der Waals surface area (Å²) in [5.41, 5.74) is 1.19. The van der Waals surface area contributed by atoms with Gasteiger partial charge in [0.1, 0.15) is 0 Å². The standard InChI is InChI=1S/C17H25N3O/c1-19(10-14-6-3-2-4-7-14)17(21)13-20-11-15-8-5-9-18-16(15)12-20/h2-4,6-7,15-16,18H,5,8-13H2,1H3/t15-,16+/m0/s1. The van der Waals surface area contributed by atoms with E-state index in [4.69, 9.17) is 0 Å². The zero-order chi connectivity index (χ0) is 14.7. The largest absolute Gasteiger partial charge is 0.340 e. The Kier molecular flexibility index (Phi) is 4.56. The lowest BCUT2D eigenvalue weighted by Crippen LogP contribution is -2.41. The molecular formula is C17H25N3O. The molecule has 1 aromatic rings. The van der Waals surface area contributed by atoms with Crippen molar-refractivity contribution >= 4 is 5.91 Å². The fraction of sp³-hybridized carbons (Fsp3) is 0.588. The molecule has 2 saturated heterocycles. The smallest absolute Gasteiger partial charge is 0.236 e. The predicted octanol–water partition coefficient (Wildman–Crippen LogP) is 1.33. The molecule has 3 rings (SSSR count). The van der Waals surface area contributed by atoms with Crippen LogP contribution >= 0.6 is 0 Å². The van der Waals surface area contributed by atoms with Crippen LogP contribution < -0.4 is 5.32 Å². The number of nitrogens with zero attached hydrogens (tertiary/aromatic N) is 2. The van der Waals surface area contributed by atoms with Crippen LogP contribution in [0.15, 0.2) is 30.3 Å². The topological polar surface area (TPSA) is 35.6 Å². The van der Waals surface area contributed by atoms with Gasteiger partial charge in [-0.3, -0.25) is 9.69 Å². The summed E-state index contributed by atoms with van der Waals surface area (Å²) >= 11 is 0. The summed E-state index contributed by atoms with van der Waals surface area (Å²) in [4.78, 5) is 16.5. The molecule has 1 amide bonds. The summed E-state index contributed by atoms with van der Waals surface area (Å²) in [6.45, 7) is 4.48. The maximum atomic E-state index is 12.4. The average molecular weight is 287 g/mol. The minimum absolute atomic E-state index is 0.220. The summed E-state index contributed by atoms with van der Waals surface area (Å²) < 4.78 is 0. The van der Waals surface area contributed by atoms with Gasteiger partial charge in [0.15, 0.2) is 0 Å². The summed E-state index contributed by atoms with van der Waals surface area (Å²) in [5.74, 6) is 0.962. The van der Waals surface area contributed by atoms with E-state index in [9.17, 15) is 4.79 Å². The number of hydrogen-bond donors (Lipinski definition) is 1. The second-order valence-electron chi connectivity index (χ2n) is 6.39. The molecule has 0 bridgehead atoms. The van der Waals surface area contributed by atoms with Crippen LogP contribution in [0.4, 0.5) is 0 Å². The number of fused-ring (bicyclic) bond motifs is 1. The molecule has 2 aliphatic heterocycles. The third kappa shape index (κ3) is 3.63. The van der Waals surface area contributed by atoms with Crippen LogP contribution in [-0.4, -0.2) is 55.0 Å².